The number of aromatic nitrogens is 5. The summed E-state index contributed by atoms with van der Waals surface area (Å²) < 4.78 is 73.1. The number of nitrogens with zero attached hydrogens (tertiary/aromatic N) is 5. The first-order chi connectivity index (χ1) is 29.9. The monoisotopic (exact) mass is 714 g/mol. The standard InChI is InChI=1S/C49H33N5O/c1-49(2)38-24-22-33(29-37(38)43-39(49)25-26-40-44(43)55-47(50-40)32-18-10-5-11-19-32)34-23-27-42-36(28-34)35-20-12-13-21-41(35)54(42)48-52-45(30-14-6-3-7-15-30)51-46(53-48)31-16-8-4-9-17-31/h3-29H,1-2H3/i12D,13D,20D,21D,23D,27D,28D. The molecular weight excluding hydrogens is 675 g/mol. The van der Waals surface area contributed by atoms with E-state index in [1.807, 2.05) is 115 Å². The topological polar surface area (TPSA) is 69.6 Å². The molecule has 0 fully saturated rings. The number of fused-ring (bicyclic) bond motifs is 8. The second-order valence-corrected chi connectivity index (χ2v) is 14.2. The van der Waals surface area contributed by atoms with Crippen molar-refractivity contribution in [3.05, 3.63) is 175 Å². The van der Waals surface area contributed by atoms with Crippen LogP contribution in [0.4, 0.5) is 0 Å². The number of rotatable bonds is 5. The zero-order valence-corrected chi connectivity index (χ0v) is 29.7. The number of para-hydroxylation sites is 1. The third-order valence-corrected chi connectivity index (χ3v) is 10.5. The Morgan fingerprint density at radius 2 is 1.20 bits per heavy atom. The highest BCUT2D eigenvalue weighted by atomic mass is 16.3. The van der Waals surface area contributed by atoms with E-state index < -0.39 is 23.5 Å². The van der Waals surface area contributed by atoms with Gasteiger partial charge >= 0.3 is 0 Å². The summed E-state index contributed by atoms with van der Waals surface area (Å²) in [6.45, 7) is 4.29. The van der Waals surface area contributed by atoms with Crippen molar-refractivity contribution in [2.24, 2.45) is 0 Å². The zero-order chi connectivity index (χ0) is 42.8. The molecule has 1 aliphatic carbocycles. The fourth-order valence-electron chi connectivity index (χ4n) is 7.84. The Balaban J connectivity index is 1.20. The van der Waals surface area contributed by atoms with Gasteiger partial charge in [-0.1, -0.05) is 135 Å². The van der Waals surface area contributed by atoms with Gasteiger partial charge in [0.1, 0.15) is 5.52 Å². The van der Waals surface area contributed by atoms with E-state index in [9.17, 15) is 6.85 Å². The van der Waals surface area contributed by atoms with Crippen LogP contribution in [0, 0.1) is 0 Å². The van der Waals surface area contributed by atoms with Gasteiger partial charge in [0.05, 0.1) is 20.6 Å². The van der Waals surface area contributed by atoms with Crippen LogP contribution >= 0.6 is 0 Å². The molecule has 0 unspecified atom stereocenters. The molecule has 260 valence electrons. The zero-order valence-electron chi connectivity index (χ0n) is 36.7. The average molecular weight is 715 g/mol. The predicted octanol–water partition coefficient (Wildman–Crippen LogP) is 12.1. The van der Waals surface area contributed by atoms with Crippen molar-refractivity contribution in [3.63, 3.8) is 0 Å². The minimum absolute atomic E-state index is 0.0134. The number of hydrogen-bond donors (Lipinski definition) is 0. The molecule has 3 heterocycles. The normalized spacial score (nSPS) is 14.8. The van der Waals surface area contributed by atoms with E-state index in [0.717, 1.165) is 27.8 Å². The van der Waals surface area contributed by atoms with Crippen LogP contribution in [0.1, 0.15) is 34.6 Å². The summed E-state index contributed by atoms with van der Waals surface area (Å²) in [5.41, 5.74) is 7.52. The van der Waals surface area contributed by atoms with Gasteiger partial charge in [0, 0.05) is 38.4 Å². The molecule has 0 saturated heterocycles. The molecule has 55 heavy (non-hydrogen) atoms. The van der Waals surface area contributed by atoms with Crippen LogP contribution in [0.3, 0.4) is 0 Å². The van der Waals surface area contributed by atoms with Crippen molar-refractivity contribution in [3.8, 4) is 62.4 Å². The van der Waals surface area contributed by atoms with E-state index in [1.165, 1.54) is 4.57 Å². The van der Waals surface area contributed by atoms with Crippen molar-refractivity contribution in [1.29, 1.82) is 0 Å². The summed E-state index contributed by atoms with van der Waals surface area (Å²) in [5, 5.41) is 0.107. The molecule has 0 N–H and O–H groups in total. The smallest absolute Gasteiger partial charge is 0.238 e. The summed E-state index contributed by atoms with van der Waals surface area (Å²) in [4.78, 5) is 19.4. The summed E-state index contributed by atoms with van der Waals surface area (Å²) in [7, 11) is 0. The number of benzene rings is 7. The van der Waals surface area contributed by atoms with Crippen LogP contribution in [0.15, 0.2) is 168 Å². The molecule has 0 atom stereocenters. The quantitative estimate of drug-likeness (QED) is 0.177. The first-order valence-electron chi connectivity index (χ1n) is 21.5. The van der Waals surface area contributed by atoms with E-state index in [-0.39, 0.29) is 57.5 Å². The Morgan fingerprint density at radius 1 is 0.564 bits per heavy atom. The van der Waals surface area contributed by atoms with Crippen LogP contribution in [-0.2, 0) is 5.41 Å². The maximum absolute atomic E-state index is 9.92. The molecule has 0 aliphatic heterocycles. The average Bonchev–Trinajstić information content (AvgIpc) is 3.97. The van der Waals surface area contributed by atoms with Gasteiger partial charge in [-0.2, -0.15) is 9.97 Å². The van der Waals surface area contributed by atoms with E-state index in [1.54, 1.807) is 0 Å². The molecule has 0 amide bonds. The lowest BCUT2D eigenvalue weighted by atomic mass is 9.82. The Kier molecular flexibility index (Phi) is 5.41. The lowest BCUT2D eigenvalue weighted by molar-refractivity contribution is 0.618. The SMILES string of the molecule is [2H]c1c([2H])c([2H])c2c(c1[2H])c1c([2H])c(-c3ccc4c(c3)-c3c(ccc5nc(-c6ccccc6)oc35)C4(C)C)c([2H])c([2H])c1n2-c1nc(-c2ccccc2)nc(-c2ccccc2)n1. The lowest BCUT2D eigenvalue weighted by Crippen LogP contribution is -2.14. The lowest BCUT2D eigenvalue weighted by Gasteiger charge is -2.21. The molecule has 3 aromatic heterocycles. The molecule has 1 aliphatic rings. The van der Waals surface area contributed by atoms with Crippen molar-refractivity contribution in [2.75, 3.05) is 0 Å². The molecule has 10 aromatic rings. The van der Waals surface area contributed by atoms with Crippen LogP contribution in [-0.4, -0.2) is 24.5 Å². The summed E-state index contributed by atoms with van der Waals surface area (Å²) in [6, 6.07) is 35.6. The second-order valence-electron chi connectivity index (χ2n) is 14.2. The number of oxazole rings is 1. The van der Waals surface area contributed by atoms with E-state index in [2.05, 4.69) is 19.9 Å². The molecule has 0 radical (unpaired) electrons. The van der Waals surface area contributed by atoms with Crippen molar-refractivity contribution >= 4 is 32.9 Å². The van der Waals surface area contributed by atoms with Gasteiger partial charge in [0.25, 0.3) is 0 Å². The maximum atomic E-state index is 9.92. The molecule has 6 heteroatoms. The minimum Gasteiger partial charge on any atom is -0.435 e. The first-order valence-corrected chi connectivity index (χ1v) is 18.0. The highest BCUT2D eigenvalue weighted by Crippen LogP contribution is 2.52. The van der Waals surface area contributed by atoms with Gasteiger partial charge in [0.2, 0.25) is 11.8 Å². The van der Waals surface area contributed by atoms with Crippen molar-refractivity contribution in [2.45, 2.75) is 19.3 Å². The molecule has 0 bridgehead atoms. The van der Waals surface area contributed by atoms with Gasteiger partial charge in [-0.15, -0.1) is 0 Å². The first kappa shape index (κ1) is 24.9. The largest absolute Gasteiger partial charge is 0.435 e. The van der Waals surface area contributed by atoms with Crippen LogP contribution in [0.5, 0.6) is 0 Å². The molecular formula is C49H33N5O. The van der Waals surface area contributed by atoms with E-state index in [4.69, 9.17) is 27.1 Å². The fraction of sp³-hybridized carbons (Fsp3) is 0.0612. The maximum Gasteiger partial charge on any atom is 0.238 e. The molecule has 0 saturated carbocycles. The molecule has 6 nitrogen and oxygen atoms in total. The third-order valence-electron chi connectivity index (χ3n) is 10.5. The molecule has 11 rings (SSSR count). The van der Waals surface area contributed by atoms with E-state index >= 15 is 0 Å². The van der Waals surface area contributed by atoms with Gasteiger partial charge in [-0.3, -0.25) is 4.57 Å². The summed E-state index contributed by atoms with van der Waals surface area (Å²) in [5.74, 6) is 1.06. The third kappa shape index (κ3) is 4.88. The second kappa shape index (κ2) is 11.9. The Hall–Kier alpha value is -7.18. The van der Waals surface area contributed by atoms with Gasteiger partial charge in [-0.05, 0) is 70.2 Å². The predicted molar refractivity (Wildman–Crippen MR) is 221 cm³/mol. The molecule has 7 aromatic carbocycles. The Labute approximate surface area is 327 Å². The molecule has 0 spiro atoms. The fourth-order valence-corrected chi connectivity index (χ4v) is 7.84. The van der Waals surface area contributed by atoms with Crippen molar-refractivity contribution < 1.29 is 14.0 Å². The van der Waals surface area contributed by atoms with Gasteiger partial charge < -0.3 is 4.42 Å². The minimum atomic E-state index is -0.495. The van der Waals surface area contributed by atoms with Gasteiger partial charge in [-0.25, -0.2) is 9.97 Å². The highest BCUT2D eigenvalue weighted by molar-refractivity contribution is 6.10. The Morgan fingerprint density at radius 3 is 1.91 bits per heavy atom. The summed E-state index contributed by atoms with van der Waals surface area (Å²) >= 11 is 0. The van der Waals surface area contributed by atoms with Crippen LogP contribution < -0.4 is 0 Å². The van der Waals surface area contributed by atoms with Gasteiger partial charge in [0.15, 0.2) is 17.2 Å². The number of hydrogen-bond acceptors (Lipinski definition) is 5. The van der Waals surface area contributed by atoms with Crippen LogP contribution in [0.2, 0.25) is 0 Å². The van der Waals surface area contributed by atoms with Crippen LogP contribution in [0.25, 0.3) is 95.3 Å². The highest BCUT2D eigenvalue weighted by Gasteiger charge is 2.38. The van der Waals surface area contributed by atoms with E-state index in [0.29, 0.717) is 45.3 Å². The summed E-state index contributed by atoms with van der Waals surface area (Å²) in [6.07, 6.45) is 0. The Bertz CT molecular complexity index is 3460. The van der Waals surface area contributed by atoms with Crippen molar-refractivity contribution in [1.82, 2.24) is 24.5 Å².